The van der Waals surface area contributed by atoms with Crippen molar-refractivity contribution in [3.05, 3.63) is 0 Å². The van der Waals surface area contributed by atoms with E-state index in [-0.39, 0.29) is 13.0 Å². The first-order valence-electron chi connectivity index (χ1n) is 5.83. The van der Waals surface area contributed by atoms with Gasteiger partial charge in [0.05, 0.1) is 19.3 Å². The minimum atomic E-state index is -1.38. The molecule has 2 aliphatic rings. The first-order valence-corrected chi connectivity index (χ1v) is 5.83. The molecule has 0 aromatic carbocycles. The predicted molar refractivity (Wildman–Crippen MR) is 58.6 cm³/mol. The van der Waals surface area contributed by atoms with E-state index in [1.54, 1.807) is 0 Å². The first kappa shape index (κ1) is 16.7. The van der Waals surface area contributed by atoms with Crippen LogP contribution >= 0.6 is 0 Å². The summed E-state index contributed by atoms with van der Waals surface area (Å²) in [6, 6.07) is 0. The van der Waals surface area contributed by atoms with Crippen molar-refractivity contribution in [1.29, 1.82) is 0 Å². The predicted octanol–water partition coefficient (Wildman–Crippen LogP) is -4.14. The van der Waals surface area contributed by atoms with E-state index < -0.39 is 49.7 Å². The van der Waals surface area contributed by atoms with Crippen molar-refractivity contribution in [2.24, 2.45) is 0 Å². The van der Waals surface area contributed by atoms with Gasteiger partial charge in [-0.15, -0.1) is 0 Å². The highest BCUT2D eigenvalue weighted by Gasteiger charge is 2.41. The molecule has 0 amide bonds. The fraction of sp³-hybridized carbons (Fsp3) is 1.00. The van der Waals surface area contributed by atoms with E-state index >= 15 is 0 Å². The minimum absolute atomic E-state index is 0.200. The zero-order valence-electron chi connectivity index (χ0n) is 10.1. The van der Waals surface area contributed by atoms with Crippen molar-refractivity contribution in [2.75, 3.05) is 13.2 Å². The van der Waals surface area contributed by atoms with E-state index in [4.69, 9.17) is 35.7 Å². The number of aliphatic hydroxyl groups is 7. The molecule has 2 fully saturated rings. The van der Waals surface area contributed by atoms with Gasteiger partial charge in [-0.25, -0.2) is 0 Å². The summed E-state index contributed by atoms with van der Waals surface area (Å²) in [5.74, 6) is 0. The molecule has 2 rings (SSSR count). The fourth-order valence-electron chi connectivity index (χ4n) is 1.75. The van der Waals surface area contributed by atoms with Crippen LogP contribution in [0.15, 0.2) is 0 Å². The highest BCUT2D eigenvalue weighted by Crippen LogP contribution is 2.18. The second-order valence-electron chi connectivity index (χ2n) is 4.34. The largest absolute Gasteiger partial charge is 0.394 e. The number of hydrogen-bond acceptors (Lipinski definition) is 9. The molecule has 0 aliphatic carbocycles. The lowest BCUT2D eigenvalue weighted by molar-refractivity contribution is -0.132. The molecule has 0 spiro atoms. The van der Waals surface area contributed by atoms with Crippen LogP contribution in [0.25, 0.3) is 0 Å². The quantitative estimate of drug-likeness (QED) is 0.267. The van der Waals surface area contributed by atoms with Gasteiger partial charge in [0, 0.05) is 6.42 Å². The second-order valence-corrected chi connectivity index (χ2v) is 4.34. The molecule has 0 radical (unpaired) electrons. The molecule has 7 atom stereocenters. The maximum atomic E-state index is 8.93. The maximum Gasteiger partial charge on any atom is 0.184 e. The third-order valence-corrected chi connectivity index (χ3v) is 2.90. The van der Waals surface area contributed by atoms with Crippen molar-refractivity contribution < 1.29 is 45.2 Å². The molecule has 7 N–H and O–H groups in total. The molecule has 0 aromatic heterocycles. The summed E-state index contributed by atoms with van der Waals surface area (Å²) >= 11 is 0. The van der Waals surface area contributed by atoms with E-state index in [1.807, 2.05) is 0 Å². The lowest BCUT2D eigenvalue weighted by Gasteiger charge is -2.09. The Kier molecular flexibility index (Phi) is 6.53. The Morgan fingerprint density at radius 2 is 1.37 bits per heavy atom. The standard InChI is InChI=1S/C5H10O5.C5H10O4/c6-1-2-3(7)4(8)5(9)10-2;6-2-4-3(7)1-5(8)9-4/h2-9H,1H2;3-8H,1-2H2/t2-,3?,4+,5-;3?,4-,5-/m11/s1. The van der Waals surface area contributed by atoms with Crippen LogP contribution in [0.5, 0.6) is 0 Å². The molecule has 114 valence electrons. The van der Waals surface area contributed by atoms with Crippen LogP contribution in [-0.2, 0) is 9.47 Å². The van der Waals surface area contributed by atoms with Gasteiger partial charge in [-0.2, -0.15) is 0 Å². The molecule has 9 nitrogen and oxygen atoms in total. The second kappa shape index (κ2) is 7.43. The molecule has 19 heavy (non-hydrogen) atoms. The van der Waals surface area contributed by atoms with Crippen molar-refractivity contribution in [3.63, 3.8) is 0 Å². The summed E-state index contributed by atoms with van der Waals surface area (Å²) < 4.78 is 9.22. The molecule has 9 heteroatoms. The topological polar surface area (TPSA) is 160 Å². The van der Waals surface area contributed by atoms with E-state index in [0.717, 1.165) is 0 Å². The van der Waals surface area contributed by atoms with Crippen LogP contribution in [0.3, 0.4) is 0 Å². The normalized spacial score (nSPS) is 45.9. The van der Waals surface area contributed by atoms with E-state index in [0.29, 0.717) is 0 Å². The summed E-state index contributed by atoms with van der Waals surface area (Å²) in [5, 5.41) is 61.0. The van der Waals surface area contributed by atoms with Crippen LogP contribution < -0.4 is 0 Å². The average molecular weight is 284 g/mol. The summed E-state index contributed by atoms with van der Waals surface area (Å²) in [5.41, 5.74) is 0. The molecular weight excluding hydrogens is 264 g/mol. The number of aliphatic hydroxyl groups excluding tert-OH is 7. The van der Waals surface area contributed by atoms with Crippen molar-refractivity contribution in [2.45, 2.75) is 49.5 Å². The molecule has 0 saturated carbocycles. The Bertz CT molecular complexity index is 263. The van der Waals surface area contributed by atoms with Gasteiger partial charge in [0.15, 0.2) is 12.6 Å². The molecular formula is C10H20O9. The number of ether oxygens (including phenoxy) is 2. The lowest BCUT2D eigenvalue weighted by atomic mass is 10.1. The fourth-order valence-corrected chi connectivity index (χ4v) is 1.75. The molecule has 0 aromatic rings. The smallest absolute Gasteiger partial charge is 0.184 e. The van der Waals surface area contributed by atoms with E-state index in [9.17, 15) is 0 Å². The van der Waals surface area contributed by atoms with Crippen molar-refractivity contribution in [1.82, 2.24) is 0 Å². The van der Waals surface area contributed by atoms with E-state index in [1.165, 1.54) is 0 Å². The lowest BCUT2D eigenvalue weighted by Crippen LogP contribution is -2.33. The molecule has 2 saturated heterocycles. The van der Waals surface area contributed by atoms with Crippen LogP contribution in [0.1, 0.15) is 6.42 Å². The third kappa shape index (κ3) is 4.31. The molecule has 2 aliphatic heterocycles. The Morgan fingerprint density at radius 1 is 0.789 bits per heavy atom. The maximum absolute atomic E-state index is 8.93. The van der Waals surface area contributed by atoms with Crippen LogP contribution in [-0.4, -0.2) is 92.1 Å². The summed E-state index contributed by atoms with van der Waals surface area (Å²) in [6.45, 7) is -0.645. The van der Waals surface area contributed by atoms with Crippen LogP contribution in [0, 0.1) is 0 Å². The first-order chi connectivity index (χ1) is 8.90. The van der Waals surface area contributed by atoms with Gasteiger partial charge in [0.25, 0.3) is 0 Å². The van der Waals surface area contributed by atoms with Crippen molar-refractivity contribution in [3.8, 4) is 0 Å². The minimum Gasteiger partial charge on any atom is -0.394 e. The molecule has 2 unspecified atom stereocenters. The van der Waals surface area contributed by atoms with Gasteiger partial charge in [0.1, 0.15) is 24.4 Å². The van der Waals surface area contributed by atoms with Gasteiger partial charge < -0.3 is 45.2 Å². The highest BCUT2D eigenvalue weighted by molar-refractivity contribution is 4.84. The van der Waals surface area contributed by atoms with Gasteiger partial charge in [-0.3, -0.25) is 0 Å². The molecule has 2 heterocycles. The van der Waals surface area contributed by atoms with Crippen LogP contribution in [0.2, 0.25) is 0 Å². The van der Waals surface area contributed by atoms with E-state index in [2.05, 4.69) is 9.47 Å². The Balaban J connectivity index is 0.000000191. The monoisotopic (exact) mass is 284 g/mol. The Labute approximate surface area is 109 Å². The summed E-state index contributed by atoms with van der Waals surface area (Å²) in [6.07, 6.45) is -6.78. The summed E-state index contributed by atoms with van der Waals surface area (Å²) in [7, 11) is 0. The van der Waals surface area contributed by atoms with Gasteiger partial charge >= 0.3 is 0 Å². The van der Waals surface area contributed by atoms with Crippen molar-refractivity contribution >= 4 is 0 Å². The zero-order chi connectivity index (χ0) is 14.6. The SMILES string of the molecule is OC[C@H]1O[C@@H](O)CC1O.OC[C@H]1O[C@@H](O)[C@@H](O)C1O. The van der Waals surface area contributed by atoms with Gasteiger partial charge in [-0.1, -0.05) is 0 Å². The summed E-state index contributed by atoms with van der Waals surface area (Å²) in [4.78, 5) is 0. The molecule has 0 bridgehead atoms. The zero-order valence-corrected chi connectivity index (χ0v) is 10.1. The highest BCUT2D eigenvalue weighted by atomic mass is 16.6. The third-order valence-electron chi connectivity index (χ3n) is 2.90. The number of rotatable bonds is 2. The average Bonchev–Trinajstić information content (AvgIpc) is 2.83. The van der Waals surface area contributed by atoms with Gasteiger partial charge in [0.2, 0.25) is 0 Å². The Morgan fingerprint density at radius 3 is 1.58 bits per heavy atom. The number of hydrogen-bond donors (Lipinski definition) is 7. The Hall–Kier alpha value is -0.360. The van der Waals surface area contributed by atoms with Crippen LogP contribution in [0.4, 0.5) is 0 Å². The van der Waals surface area contributed by atoms with Gasteiger partial charge in [-0.05, 0) is 0 Å².